The van der Waals surface area contributed by atoms with Crippen LogP contribution in [0.2, 0.25) is 0 Å². The molecule has 0 spiro atoms. The number of ether oxygens (including phenoxy) is 2. The molecule has 2 N–H and O–H groups in total. The average molecular weight is 288 g/mol. The van der Waals surface area contributed by atoms with E-state index in [-0.39, 0.29) is 24.7 Å². The van der Waals surface area contributed by atoms with Gasteiger partial charge in [-0.25, -0.2) is 0 Å². The number of hydrogen-bond acceptors (Lipinski definition) is 6. The SMILES string of the molecule is CNCCOCCOCC(=O)NC(C=O)CCC(C)=O. The van der Waals surface area contributed by atoms with E-state index in [0.29, 0.717) is 32.5 Å². The van der Waals surface area contributed by atoms with Gasteiger partial charge in [0, 0.05) is 13.0 Å². The Hall–Kier alpha value is -1.31. The Kier molecular flexibility index (Phi) is 11.9. The Morgan fingerprint density at radius 3 is 2.50 bits per heavy atom. The van der Waals surface area contributed by atoms with Crippen molar-refractivity contribution in [2.75, 3.05) is 40.0 Å². The van der Waals surface area contributed by atoms with Gasteiger partial charge in [0.2, 0.25) is 5.91 Å². The van der Waals surface area contributed by atoms with Crippen LogP contribution in [0.25, 0.3) is 0 Å². The molecule has 0 saturated carbocycles. The number of carbonyl (C=O) groups excluding carboxylic acids is 3. The summed E-state index contributed by atoms with van der Waals surface area (Å²) in [6, 6.07) is -0.637. The molecule has 1 unspecified atom stereocenters. The van der Waals surface area contributed by atoms with E-state index in [1.54, 1.807) is 0 Å². The second kappa shape index (κ2) is 12.7. The van der Waals surface area contributed by atoms with Crippen LogP contribution in [0.4, 0.5) is 0 Å². The molecule has 1 atom stereocenters. The Balaban J connectivity index is 3.59. The molecule has 0 bridgehead atoms. The first-order chi connectivity index (χ1) is 9.60. The van der Waals surface area contributed by atoms with Crippen LogP contribution in [0, 0.1) is 0 Å². The quantitative estimate of drug-likeness (QED) is 0.343. The molecule has 0 saturated heterocycles. The van der Waals surface area contributed by atoms with E-state index in [4.69, 9.17) is 9.47 Å². The van der Waals surface area contributed by atoms with Crippen molar-refractivity contribution < 1.29 is 23.9 Å². The van der Waals surface area contributed by atoms with Gasteiger partial charge in [0.15, 0.2) is 0 Å². The molecule has 1 amide bonds. The number of nitrogens with one attached hydrogen (secondary N) is 2. The van der Waals surface area contributed by atoms with Crippen molar-refractivity contribution in [1.29, 1.82) is 0 Å². The number of likely N-dealkylation sites (N-methyl/N-ethyl adjacent to an activating group) is 1. The minimum absolute atomic E-state index is 0.0129. The highest BCUT2D eigenvalue weighted by molar-refractivity contribution is 5.81. The topological polar surface area (TPSA) is 93.7 Å². The van der Waals surface area contributed by atoms with Crippen LogP contribution in [-0.4, -0.2) is 64.0 Å². The van der Waals surface area contributed by atoms with Crippen molar-refractivity contribution in [3.05, 3.63) is 0 Å². The number of hydrogen-bond donors (Lipinski definition) is 2. The summed E-state index contributed by atoms with van der Waals surface area (Å²) >= 11 is 0. The summed E-state index contributed by atoms with van der Waals surface area (Å²) in [5.41, 5.74) is 0. The predicted molar refractivity (Wildman–Crippen MR) is 73.5 cm³/mol. The van der Waals surface area contributed by atoms with Gasteiger partial charge in [-0.1, -0.05) is 0 Å². The predicted octanol–water partition coefficient (Wildman–Crippen LogP) is -0.708. The summed E-state index contributed by atoms with van der Waals surface area (Å²) in [5, 5.41) is 5.44. The molecule has 7 heteroatoms. The average Bonchev–Trinajstić information content (AvgIpc) is 2.42. The molecule has 20 heavy (non-hydrogen) atoms. The molecule has 0 aliphatic rings. The van der Waals surface area contributed by atoms with Crippen LogP contribution in [0.15, 0.2) is 0 Å². The van der Waals surface area contributed by atoms with Gasteiger partial charge in [-0.3, -0.25) is 4.79 Å². The van der Waals surface area contributed by atoms with Crippen LogP contribution in [0.1, 0.15) is 19.8 Å². The highest BCUT2D eigenvalue weighted by Gasteiger charge is 2.11. The lowest BCUT2D eigenvalue weighted by Crippen LogP contribution is -2.38. The third-order valence-electron chi connectivity index (χ3n) is 2.42. The summed E-state index contributed by atoms with van der Waals surface area (Å²) in [4.78, 5) is 33.0. The van der Waals surface area contributed by atoms with E-state index in [2.05, 4.69) is 10.6 Å². The van der Waals surface area contributed by atoms with Crippen molar-refractivity contribution in [3.63, 3.8) is 0 Å². The highest BCUT2D eigenvalue weighted by Crippen LogP contribution is 1.95. The van der Waals surface area contributed by atoms with E-state index in [0.717, 1.165) is 6.54 Å². The number of rotatable bonds is 13. The standard InChI is InChI=1S/C13H24N2O5/c1-11(17)3-4-12(9-16)15-13(18)10-20-8-7-19-6-5-14-2/h9,12,14H,3-8,10H2,1-2H3,(H,15,18). The molecule has 0 aliphatic carbocycles. The van der Waals surface area contributed by atoms with Crippen LogP contribution in [0.3, 0.4) is 0 Å². The zero-order valence-electron chi connectivity index (χ0n) is 12.1. The molecule has 0 aromatic rings. The van der Waals surface area contributed by atoms with E-state index in [1.165, 1.54) is 6.92 Å². The highest BCUT2D eigenvalue weighted by atomic mass is 16.5. The molecule has 0 fully saturated rings. The molecular formula is C13H24N2O5. The Bertz CT molecular complexity index is 296. The van der Waals surface area contributed by atoms with Gasteiger partial charge in [0.05, 0.1) is 25.9 Å². The minimum Gasteiger partial charge on any atom is -0.378 e. The van der Waals surface area contributed by atoms with Crippen molar-refractivity contribution in [1.82, 2.24) is 10.6 Å². The van der Waals surface area contributed by atoms with Crippen molar-refractivity contribution in [2.24, 2.45) is 0 Å². The first-order valence-electron chi connectivity index (χ1n) is 6.64. The van der Waals surface area contributed by atoms with Crippen LogP contribution >= 0.6 is 0 Å². The minimum atomic E-state index is -0.637. The van der Waals surface area contributed by atoms with Crippen molar-refractivity contribution in [3.8, 4) is 0 Å². The van der Waals surface area contributed by atoms with Gasteiger partial charge < -0.3 is 29.7 Å². The lowest BCUT2D eigenvalue weighted by molar-refractivity contribution is -0.129. The summed E-state index contributed by atoms with van der Waals surface area (Å²) in [5.74, 6) is -0.387. The van der Waals surface area contributed by atoms with Gasteiger partial charge in [-0.05, 0) is 20.4 Å². The van der Waals surface area contributed by atoms with Crippen LogP contribution < -0.4 is 10.6 Å². The molecule has 116 valence electrons. The van der Waals surface area contributed by atoms with E-state index in [9.17, 15) is 14.4 Å². The molecule has 0 heterocycles. The number of Topliss-reactive ketones (excluding diaryl/α,β-unsaturated/α-hetero) is 1. The van der Waals surface area contributed by atoms with Crippen molar-refractivity contribution >= 4 is 18.0 Å². The van der Waals surface area contributed by atoms with Crippen LogP contribution in [0.5, 0.6) is 0 Å². The number of carbonyl (C=O) groups is 3. The van der Waals surface area contributed by atoms with Gasteiger partial charge in [-0.15, -0.1) is 0 Å². The number of amides is 1. The molecule has 7 nitrogen and oxygen atoms in total. The zero-order chi connectivity index (χ0) is 15.2. The maximum atomic E-state index is 11.5. The maximum Gasteiger partial charge on any atom is 0.246 e. The fraction of sp³-hybridized carbons (Fsp3) is 0.769. The van der Waals surface area contributed by atoms with Gasteiger partial charge in [-0.2, -0.15) is 0 Å². The van der Waals surface area contributed by atoms with Gasteiger partial charge in [0.1, 0.15) is 18.7 Å². The smallest absolute Gasteiger partial charge is 0.246 e. The Morgan fingerprint density at radius 2 is 1.90 bits per heavy atom. The molecule has 0 radical (unpaired) electrons. The van der Waals surface area contributed by atoms with E-state index in [1.807, 2.05) is 7.05 Å². The number of ketones is 1. The maximum absolute atomic E-state index is 11.5. The molecular weight excluding hydrogens is 264 g/mol. The van der Waals surface area contributed by atoms with E-state index >= 15 is 0 Å². The summed E-state index contributed by atoms with van der Waals surface area (Å²) in [6.45, 7) is 3.40. The summed E-state index contributed by atoms with van der Waals surface area (Å²) in [6.07, 6.45) is 1.21. The van der Waals surface area contributed by atoms with Crippen LogP contribution in [-0.2, 0) is 23.9 Å². The first kappa shape index (κ1) is 18.7. The fourth-order valence-corrected chi connectivity index (χ4v) is 1.34. The molecule has 0 rings (SSSR count). The molecule has 0 aromatic carbocycles. The number of aldehydes is 1. The lowest BCUT2D eigenvalue weighted by atomic mass is 10.1. The Morgan fingerprint density at radius 1 is 1.20 bits per heavy atom. The second-order valence-electron chi connectivity index (χ2n) is 4.32. The summed E-state index contributed by atoms with van der Waals surface area (Å²) < 4.78 is 10.3. The fourth-order valence-electron chi connectivity index (χ4n) is 1.34. The lowest BCUT2D eigenvalue weighted by Gasteiger charge is -2.12. The third kappa shape index (κ3) is 11.8. The zero-order valence-corrected chi connectivity index (χ0v) is 12.1. The third-order valence-corrected chi connectivity index (χ3v) is 2.42. The van der Waals surface area contributed by atoms with Crippen molar-refractivity contribution in [2.45, 2.75) is 25.8 Å². The Labute approximate surface area is 119 Å². The monoisotopic (exact) mass is 288 g/mol. The normalized spacial score (nSPS) is 11.9. The summed E-state index contributed by atoms with van der Waals surface area (Å²) in [7, 11) is 1.83. The van der Waals surface area contributed by atoms with E-state index < -0.39 is 6.04 Å². The molecule has 0 aliphatic heterocycles. The first-order valence-corrected chi connectivity index (χ1v) is 6.64. The van der Waals surface area contributed by atoms with Gasteiger partial charge in [0.25, 0.3) is 0 Å². The second-order valence-corrected chi connectivity index (χ2v) is 4.32. The van der Waals surface area contributed by atoms with Gasteiger partial charge >= 0.3 is 0 Å². The largest absolute Gasteiger partial charge is 0.378 e. The molecule has 0 aromatic heterocycles.